The third kappa shape index (κ3) is 1.71. The molecule has 1 aliphatic carbocycles. The number of hydrogen-bond donors (Lipinski definition) is 2. The molecule has 1 aliphatic rings. The van der Waals surface area contributed by atoms with Gasteiger partial charge >= 0.3 is 6.09 Å². The number of carbonyl (C=O) groups excluding carboxylic acids is 1. The van der Waals surface area contributed by atoms with Crippen molar-refractivity contribution in [2.24, 2.45) is 0 Å². The predicted molar refractivity (Wildman–Crippen MR) is 56.0 cm³/mol. The number of carbonyl (C=O) groups is 2. The summed E-state index contributed by atoms with van der Waals surface area (Å²) in [7, 11) is 1.52. The number of nitrogens with one attached hydrogen (secondary N) is 1. The summed E-state index contributed by atoms with van der Waals surface area (Å²) in [6.45, 7) is 0. The lowest BCUT2D eigenvalue weighted by Crippen LogP contribution is -2.37. The fourth-order valence-electron chi connectivity index (χ4n) is 1.86. The summed E-state index contributed by atoms with van der Waals surface area (Å²) in [5, 5.41) is 10.8. The molecule has 0 bridgehead atoms. The first-order valence-electron chi connectivity index (χ1n) is 4.82. The Bertz CT molecular complexity index is 455. The number of rotatable bonds is 2. The average Bonchev–Trinajstić information content (AvgIpc) is 2.55. The maximum Gasteiger partial charge on any atom is 0.405 e. The quantitative estimate of drug-likeness (QED) is 0.783. The summed E-state index contributed by atoms with van der Waals surface area (Å²) in [5.41, 5.74) is 1.39. The minimum absolute atomic E-state index is 0.198. The van der Waals surface area contributed by atoms with Crippen molar-refractivity contribution >= 4 is 11.9 Å². The van der Waals surface area contributed by atoms with E-state index in [1.807, 2.05) is 0 Å². The van der Waals surface area contributed by atoms with E-state index in [2.05, 4.69) is 5.32 Å². The lowest BCUT2D eigenvalue weighted by atomic mass is 10.1. The highest BCUT2D eigenvalue weighted by atomic mass is 16.5. The summed E-state index contributed by atoms with van der Waals surface area (Å²) >= 11 is 0. The van der Waals surface area contributed by atoms with Crippen molar-refractivity contribution in [3.05, 3.63) is 29.3 Å². The zero-order chi connectivity index (χ0) is 11.7. The van der Waals surface area contributed by atoms with Gasteiger partial charge in [-0.1, -0.05) is 6.07 Å². The van der Waals surface area contributed by atoms with Gasteiger partial charge in [0.25, 0.3) is 0 Å². The SMILES string of the molecule is COc1ccc2c(c1)C(=O)C(NC(=O)O)C2. The smallest absolute Gasteiger partial charge is 0.405 e. The van der Waals surface area contributed by atoms with Crippen molar-refractivity contribution < 1.29 is 19.4 Å². The Morgan fingerprint density at radius 3 is 2.94 bits per heavy atom. The van der Waals surface area contributed by atoms with E-state index in [9.17, 15) is 9.59 Å². The lowest BCUT2D eigenvalue weighted by Gasteiger charge is -2.06. The van der Waals surface area contributed by atoms with Crippen molar-refractivity contribution in [2.75, 3.05) is 7.11 Å². The Balaban J connectivity index is 2.28. The average molecular weight is 221 g/mol. The molecule has 84 valence electrons. The Hall–Kier alpha value is -2.04. The summed E-state index contributed by atoms with van der Waals surface area (Å²) in [6, 6.07) is 4.52. The van der Waals surface area contributed by atoms with E-state index in [1.165, 1.54) is 7.11 Å². The van der Waals surface area contributed by atoms with Crippen LogP contribution in [-0.4, -0.2) is 30.1 Å². The van der Waals surface area contributed by atoms with E-state index in [0.717, 1.165) is 5.56 Å². The number of ether oxygens (including phenoxy) is 1. The van der Waals surface area contributed by atoms with Crippen molar-refractivity contribution in [1.29, 1.82) is 0 Å². The van der Waals surface area contributed by atoms with Gasteiger partial charge in [0.05, 0.1) is 13.2 Å². The molecule has 0 saturated carbocycles. The first kappa shape index (κ1) is 10.5. The number of hydrogen-bond acceptors (Lipinski definition) is 3. The highest BCUT2D eigenvalue weighted by Crippen LogP contribution is 2.26. The normalized spacial score (nSPS) is 18.1. The summed E-state index contributed by atoms with van der Waals surface area (Å²) < 4.78 is 5.02. The van der Waals surface area contributed by atoms with E-state index in [4.69, 9.17) is 9.84 Å². The second-order valence-corrected chi connectivity index (χ2v) is 3.59. The van der Waals surface area contributed by atoms with E-state index in [0.29, 0.717) is 17.7 Å². The summed E-state index contributed by atoms with van der Waals surface area (Å²) in [5.74, 6) is 0.402. The van der Waals surface area contributed by atoms with Gasteiger partial charge in [0.15, 0.2) is 5.78 Å². The molecule has 5 nitrogen and oxygen atoms in total. The fraction of sp³-hybridized carbons (Fsp3) is 0.273. The number of amides is 1. The van der Waals surface area contributed by atoms with Gasteiger partial charge in [0.1, 0.15) is 5.75 Å². The molecule has 0 aliphatic heterocycles. The molecule has 1 atom stereocenters. The molecule has 0 saturated heterocycles. The Morgan fingerprint density at radius 2 is 2.31 bits per heavy atom. The summed E-state index contributed by atoms with van der Waals surface area (Å²) in [6.07, 6.45) is -0.775. The second-order valence-electron chi connectivity index (χ2n) is 3.59. The minimum Gasteiger partial charge on any atom is -0.497 e. The predicted octanol–water partition coefficient (Wildman–Crippen LogP) is 1.07. The largest absolute Gasteiger partial charge is 0.497 e. The number of ketones is 1. The first-order valence-corrected chi connectivity index (χ1v) is 4.82. The van der Waals surface area contributed by atoms with Crippen LogP contribution in [0.25, 0.3) is 0 Å². The van der Waals surface area contributed by atoms with Gasteiger partial charge in [-0.15, -0.1) is 0 Å². The van der Waals surface area contributed by atoms with E-state index >= 15 is 0 Å². The van der Waals surface area contributed by atoms with E-state index in [1.54, 1.807) is 18.2 Å². The van der Waals surface area contributed by atoms with E-state index in [-0.39, 0.29) is 5.78 Å². The van der Waals surface area contributed by atoms with Crippen molar-refractivity contribution in [3.8, 4) is 5.75 Å². The number of methoxy groups -OCH3 is 1. The third-order valence-electron chi connectivity index (χ3n) is 2.62. The van der Waals surface area contributed by atoms with Gasteiger partial charge in [0.2, 0.25) is 0 Å². The highest BCUT2D eigenvalue weighted by Gasteiger charge is 2.31. The standard InChI is InChI=1S/C11H11NO4/c1-16-7-3-2-6-4-9(12-11(14)15)10(13)8(6)5-7/h2-3,5,9,12H,4H2,1H3,(H,14,15). The molecule has 5 heteroatoms. The molecule has 0 radical (unpaired) electrons. The topological polar surface area (TPSA) is 75.6 Å². The van der Waals surface area contributed by atoms with Crippen LogP contribution in [0, 0.1) is 0 Å². The minimum atomic E-state index is -1.18. The molecule has 1 aromatic carbocycles. The molecule has 0 spiro atoms. The molecule has 0 fully saturated rings. The van der Waals surface area contributed by atoms with Gasteiger partial charge in [0, 0.05) is 12.0 Å². The number of carboxylic acid groups (broad SMARTS) is 1. The lowest BCUT2D eigenvalue weighted by molar-refractivity contribution is 0.0952. The van der Waals surface area contributed by atoms with Gasteiger partial charge < -0.3 is 15.2 Å². The zero-order valence-electron chi connectivity index (χ0n) is 8.69. The molecule has 1 aromatic rings. The van der Waals surface area contributed by atoms with Crippen LogP contribution in [0.2, 0.25) is 0 Å². The van der Waals surface area contributed by atoms with Gasteiger partial charge in [-0.3, -0.25) is 4.79 Å². The molecular formula is C11H11NO4. The molecular weight excluding hydrogens is 210 g/mol. The third-order valence-corrected chi connectivity index (χ3v) is 2.62. The number of benzene rings is 1. The Morgan fingerprint density at radius 1 is 1.56 bits per heavy atom. The van der Waals surface area contributed by atoms with Gasteiger partial charge in [-0.2, -0.15) is 0 Å². The van der Waals surface area contributed by atoms with E-state index < -0.39 is 12.1 Å². The van der Waals surface area contributed by atoms with Crippen LogP contribution in [-0.2, 0) is 6.42 Å². The molecule has 2 rings (SSSR count). The summed E-state index contributed by atoms with van der Waals surface area (Å²) in [4.78, 5) is 22.3. The van der Waals surface area contributed by atoms with Crippen molar-refractivity contribution in [3.63, 3.8) is 0 Å². The maximum absolute atomic E-state index is 11.8. The Kier molecular flexibility index (Phi) is 2.52. The molecule has 0 aromatic heterocycles. The fourth-order valence-corrected chi connectivity index (χ4v) is 1.86. The number of Topliss-reactive ketones (excluding diaryl/α,β-unsaturated/α-hetero) is 1. The van der Waals surface area contributed by atoms with Gasteiger partial charge in [-0.05, 0) is 17.7 Å². The monoisotopic (exact) mass is 221 g/mol. The molecule has 1 amide bonds. The van der Waals surface area contributed by atoms with Crippen LogP contribution in [0.3, 0.4) is 0 Å². The van der Waals surface area contributed by atoms with Crippen LogP contribution >= 0.6 is 0 Å². The molecule has 1 unspecified atom stereocenters. The van der Waals surface area contributed by atoms with Crippen LogP contribution in [0.1, 0.15) is 15.9 Å². The second kappa shape index (κ2) is 3.84. The molecule has 2 N–H and O–H groups in total. The zero-order valence-corrected chi connectivity index (χ0v) is 8.69. The van der Waals surface area contributed by atoms with Crippen LogP contribution in [0.5, 0.6) is 5.75 Å². The van der Waals surface area contributed by atoms with Crippen LogP contribution < -0.4 is 10.1 Å². The van der Waals surface area contributed by atoms with Crippen molar-refractivity contribution in [1.82, 2.24) is 5.32 Å². The highest BCUT2D eigenvalue weighted by molar-refractivity contribution is 6.05. The van der Waals surface area contributed by atoms with Crippen molar-refractivity contribution in [2.45, 2.75) is 12.5 Å². The first-order chi connectivity index (χ1) is 7.61. The molecule has 0 heterocycles. The van der Waals surface area contributed by atoms with Crippen LogP contribution in [0.4, 0.5) is 4.79 Å². The van der Waals surface area contributed by atoms with Gasteiger partial charge in [-0.25, -0.2) is 4.79 Å². The number of fused-ring (bicyclic) bond motifs is 1. The molecule has 16 heavy (non-hydrogen) atoms. The Labute approximate surface area is 92.0 Å². The maximum atomic E-state index is 11.8. The van der Waals surface area contributed by atoms with Crippen LogP contribution in [0.15, 0.2) is 18.2 Å².